The number of halogens is 2. The van der Waals surface area contributed by atoms with Gasteiger partial charge in [-0.2, -0.15) is 0 Å². The number of carbonyl (C=O) groups excluding carboxylic acids is 2. The van der Waals surface area contributed by atoms with E-state index in [1.54, 1.807) is 23.5 Å². The molecule has 0 bridgehead atoms. The smallest absolute Gasteiger partial charge is 0.153 e. The van der Waals surface area contributed by atoms with E-state index in [9.17, 15) is 9.59 Å². The largest absolute Gasteiger partial charge is 0.298 e. The second kappa shape index (κ2) is 13.7. The molecule has 0 saturated heterocycles. The number of Topliss-reactive ketones (excluding diaryl/α,β-unsaturated/α-hetero) is 2. The Labute approximate surface area is 168 Å². The van der Waals surface area contributed by atoms with Crippen molar-refractivity contribution in [3.05, 3.63) is 60.7 Å². The molecular weight excluding hydrogens is 472 g/mol. The van der Waals surface area contributed by atoms with Crippen molar-refractivity contribution in [2.45, 2.75) is 9.79 Å². The summed E-state index contributed by atoms with van der Waals surface area (Å²) in [5.41, 5.74) is 0. The predicted molar refractivity (Wildman–Crippen MR) is 112 cm³/mol. The van der Waals surface area contributed by atoms with Crippen molar-refractivity contribution >= 4 is 67.0 Å². The maximum absolute atomic E-state index is 10.9. The SMILES string of the molecule is O=C(CBr)CSc1ccccc1.O=C(CBr)CSc1ccccc1. The highest BCUT2D eigenvalue weighted by Gasteiger charge is 2.00. The minimum atomic E-state index is 0.226. The molecule has 0 aliphatic carbocycles. The summed E-state index contributed by atoms with van der Waals surface area (Å²) in [6.07, 6.45) is 0. The Kier molecular flexibility index (Phi) is 12.3. The summed E-state index contributed by atoms with van der Waals surface area (Å²) in [5.74, 6) is 1.55. The molecular formula is C18H18Br2O2S2. The minimum absolute atomic E-state index is 0.226. The zero-order valence-electron chi connectivity index (χ0n) is 13.0. The fourth-order valence-corrected chi connectivity index (χ4v) is 3.92. The van der Waals surface area contributed by atoms with Crippen LogP contribution in [0.4, 0.5) is 0 Å². The topological polar surface area (TPSA) is 34.1 Å². The molecule has 24 heavy (non-hydrogen) atoms. The van der Waals surface area contributed by atoms with Crippen LogP contribution in [0, 0.1) is 0 Å². The molecule has 2 nitrogen and oxygen atoms in total. The Morgan fingerprint density at radius 3 is 1.29 bits per heavy atom. The standard InChI is InChI=1S/2C9H9BrOS/c2*10-6-8(11)7-12-9-4-2-1-3-5-9/h2*1-5H,6-7H2. The van der Waals surface area contributed by atoms with E-state index in [-0.39, 0.29) is 11.6 Å². The third-order valence-corrected chi connectivity index (χ3v) is 5.98. The van der Waals surface area contributed by atoms with Gasteiger partial charge < -0.3 is 0 Å². The monoisotopic (exact) mass is 488 g/mol. The van der Waals surface area contributed by atoms with Crippen LogP contribution in [-0.2, 0) is 9.59 Å². The average molecular weight is 490 g/mol. The van der Waals surface area contributed by atoms with Crippen molar-refractivity contribution in [1.82, 2.24) is 0 Å². The normalized spacial score (nSPS) is 9.75. The first kappa shape index (κ1) is 21.5. The molecule has 0 unspecified atom stereocenters. The van der Waals surface area contributed by atoms with Crippen molar-refractivity contribution in [2.75, 3.05) is 22.2 Å². The van der Waals surface area contributed by atoms with Gasteiger partial charge in [0.15, 0.2) is 11.6 Å². The highest BCUT2D eigenvalue weighted by Crippen LogP contribution is 2.17. The first-order chi connectivity index (χ1) is 11.7. The summed E-state index contributed by atoms with van der Waals surface area (Å²) in [5, 5.41) is 0.902. The van der Waals surface area contributed by atoms with Gasteiger partial charge in [0.05, 0.1) is 22.2 Å². The lowest BCUT2D eigenvalue weighted by molar-refractivity contribution is -0.115. The summed E-state index contributed by atoms with van der Waals surface area (Å²) in [6, 6.07) is 19.9. The van der Waals surface area contributed by atoms with Crippen LogP contribution in [0.2, 0.25) is 0 Å². The molecule has 0 saturated carbocycles. The van der Waals surface area contributed by atoms with Crippen LogP contribution < -0.4 is 0 Å². The second-order valence-corrected chi connectivity index (χ2v) is 7.77. The molecule has 0 aliphatic heterocycles. The van der Waals surface area contributed by atoms with Crippen molar-refractivity contribution in [1.29, 1.82) is 0 Å². The van der Waals surface area contributed by atoms with Gasteiger partial charge in [0, 0.05) is 9.79 Å². The van der Waals surface area contributed by atoms with Crippen LogP contribution in [0.3, 0.4) is 0 Å². The van der Waals surface area contributed by atoms with Crippen LogP contribution in [0.5, 0.6) is 0 Å². The Bertz CT molecular complexity index is 551. The Morgan fingerprint density at radius 2 is 1.00 bits per heavy atom. The van der Waals surface area contributed by atoms with Gasteiger partial charge in [-0.3, -0.25) is 9.59 Å². The Hall–Kier alpha value is -0.560. The molecule has 0 aromatic heterocycles. The molecule has 0 fully saturated rings. The maximum atomic E-state index is 10.9. The van der Waals surface area contributed by atoms with Crippen molar-refractivity contribution in [2.24, 2.45) is 0 Å². The number of thioether (sulfide) groups is 2. The van der Waals surface area contributed by atoms with E-state index >= 15 is 0 Å². The van der Waals surface area contributed by atoms with E-state index < -0.39 is 0 Å². The summed E-state index contributed by atoms with van der Waals surface area (Å²) in [7, 11) is 0. The number of hydrogen-bond donors (Lipinski definition) is 0. The Morgan fingerprint density at radius 1 is 0.667 bits per heavy atom. The van der Waals surface area contributed by atoms with Gasteiger partial charge in [-0.25, -0.2) is 0 Å². The quantitative estimate of drug-likeness (QED) is 0.363. The molecule has 2 rings (SSSR count). The van der Waals surface area contributed by atoms with E-state index in [1.165, 1.54) is 0 Å². The molecule has 0 atom stereocenters. The molecule has 0 N–H and O–H groups in total. The average Bonchev–Trinajstić information content (AvgIpc) is 2.66. The summed E-state index contributed by atoms with van der Waals surface area (Å²) >= 11 is 9.40. The lowest BCUT2D eigenvalue weighted by atomic mass is 10.4. The molecule has 0 spiro atoms. The van der Waals surface area contributed by atoms with Crippen LogP contribution in [0.25, 0.3) is 0 Å². The van der Waals surface area contributed by atoms with Gasteiger partial charge in [-0.1, -0.05) is 68.3 Å². The van der Waals surface area contributed by atoms with Gasteiger partial charge >= 0.3 is 0 Å². The highest BCUT2D eigenvalue weighted by atomic mass is 79.9. The number of benzene rings is 2. The number of rotatable bonds is 8. The van der Waals surface area contributed by atoms with Gasteiger partial charge in [0.25, 0.3) is 0 Å². The fourth-order valence-electron chi connectivity index (χ4n) is 1.44. The van der Waals surface area contributed by atoms with E-state index in [0.717, 1.165) is 9.79 Å². The molecule has 0 amide bonds. The molecule has 0 heterocycles. The van der Waals surface area contributed by atoms with Crippen LogP contribution >= 0.6 is 55.4 Å². The van der Waals surface area contributed by atoms with E-state index in [2.05, 4.69) is 31.9 Å². The first-order valence-corrected chi connectivity index (χ1v) is 11.4. The van der Waals surface area contributed by atoms with E-state index in [1.807, 2.05) is 60.7 Å². The maximum Gasteiger partial charge on any atom is 0.153 e. The number of hydrogen-bond acceptors (Lipinski definition) is 4. The van der Waals surface area contributed by atoms with Gasteiger partial charge in [0.2, 0.25) is 0 Å². The Balaban J connectivity index is 0.000000240. The lowest BCUT2D eigenvalue weighted by Gasteiger charge is -1.97. The van der Waals surface area contributed by atoms with Crippen LogP contribution in [0.15, 0.2) is 70.5 Å². The molecule has 0 aliphatic rings. The third-order valence-electron chi connectivity index (χ3n) is 2.58. The highest BCUT2D eigenvalue weighted by molar-refractivity contribution is 9.09. The lowest BCUT2D eigenvalue weighted by Crippen LogP contribution is -2.01. The minimum Gasteiger partial charge on any atom is -0.298 e. The molecule has 2 aromatic carbocycles. The third kappa shape index (κ3) is 10.3. The van der Waals surface area contributed by atoms with Gasteiger partial charge in [0.1, 0.15) is 0 Å². The summed E-state index contributed by atoms with van der Waals surface area (Å²) < 4.78 is 0. The predicted octanol–water partition coefficient (Wildman–Crippen LogP) is 5.49. The molecule has 6 heteroatoms. The van der Waals surface area contributed by atoms with Crippen LogP contribution in [0.1, 0.15) is 0 Å². The zero-order valence-corrected chi connectivity index (χ0v) is 17.8. The fraction of sp³-hybridized carbons (Fsp3) is 0.222. The van der Waals surface area contributed by atoms with Crippen molar-refractivity contribution < 1.29 is 9.59 Å². The van der Waals surface area contributed by atoms with Crippen molar-refractivity contribution in [3.63, 3.8) is 0 Å². The molecule has 2 aromatic rings. The first-order valence-electron chi connectivity index (χ1n) is 7.16. The number of carbonyl (C=O) groups is 2. The number of ketones is 2. The van der Waals surface area contributed by atoms with Gasteiger partial charge in [-0.15, -0.1) is 23.5 Å². The summed E-state index contributed by atoms with van der Waals surface area (Å²) in [6.45, 7) is 0. The molecule has 0 radical (unpaired) electrons. The van der Waals surface area contributed by atoms with Crippen LogP contribution in [-0.4, -0.2) is 33.7 Å². The molecule has 128 valence electrons. The summed E-state index contributed by atoms with van der Waals surface area (Å²) in [4.78, 5) is 24.1. The van der Waals surface area contributed by atoms with E-state index in [0.29, 0.717) is 22.2 Å². The second-order valence-electron chi connectivity index (χ2n) is 4.55. The number of alkyl halides is 2. The van der Waals surface area contributed by atoms with Crippen molar-refractivity contribution in [3.8, 4) is 0 Å². The zero-order chi connectivity index (χ0) is 17.6. The van der Waals surface area contributed by atoms with Gasteiger partial charge in [-0.05, 0) is 24.3 Å². The van der Waals surface area contributed by atoms with E-state index in [4.69, 9.17) is 0 Å².